The molecule has 0 spiro atoms. The van der Waals surface area contributed by atoms with Crippen molar-refractivity contribution in [2.75, 3.05) is 6.61 Å². The van der Waals surface area contributed by atoms with Crippen molar-refractivity contribution < 1.29 is 29.6 Å². The van der Waals surface area contributed by atoms with Gasteiger partial charge in [-0.05, 0) is 84.9 Å². The standard InChI is InChI=1S/C28H46O6/c1-14(2)15(3)24(31)25(32)16(4)18-7-8-19-17-13-34-26(33)21-11-22(29)23(30)12-28(21,6)20(17)9-10-27(18,19)5/h14-23,25,29-30,32H,7-13H2,1-6H3/t15-,16+,17+,18-,19+,20+,21-,22+,23-,25-,27-,28-/m1/s1. The Balaban J connectivity index is 1.58. The SMILES string of the molecule is CC(C)[C@@H](C)C(=O)[C@H](O)[C@@H](C)[C@H]1CC[C@H]2[C@@H]3COC(=O)[C@H]4C[C@H](O)[C@H](O)C[C@]4(C)[C@H]3CC[C@]12C. The molecule has 34 heavy (non-hydrogen) atoms. The van der Waals surface area contributed by atoms with Gasteiger partial charge in [0.15, 0.2) is 5.78 Å². The fourth-order valence-corrected chi connectivity index (χ4v) is 8.77. The molecule has 4 aliphatic rings. The minimum Gasteiger partial charge on any atom is -0.465 e. The van der Waals surface area contributed by atoms with Crippen LogP contribution >= 0.6 is 0 Å². The van der Waals surface area contributed by atoms with E-state index in [2.05, 4.69) is 13.8 Å². The molecule has 0 radical (unpaired) electrons. The van der Waals surface area contributed by atoms with Gasteiger partial charge in [-0.1, -0.05) is 41.5 Å². The molecule has 194 valence electrons. The summed E-state index contributed by atoms with van der Waals surface area (Å²) >= 11 is 0. The maximum Gasteiger partial charge on any atom is 0.309 e. The zero-order valence-corrected chi connectivity index (χ0v) is 21.9. The van der Waals surface area contributed by atoms with Crippen molar-refractivity contribution in [3.05, 3.63) is 0 Å². The minimum absolute atomic E-state index is 0.0156. The molecule has 0 unspecified atom stereocenters. The van der Waals surface area contributed by atoms with Gasteiger partial charge in [0.05, 0.1) is 24.7 Å². The molecule has 0 aromatic carbocycles. The van der Waals surface area contributed by atoms with Crippen molar-refractivity contribution in [3.63, 3.8) is 0 Å². The summed E-state index contributed by atoms with van der Waals surface area (Å²) in [5.41, 5.74) is -0.400. The van der Waals surface area contributed by atoms with Gasteiger partial charge in [-0.2, -0.15) is 0 Å². The van der Waals surface area contributed by atoms with Gasteiger partial charge in [-0.25, -0.2) is 0 Å². The van der Waals surface area contributed by atoms with Gasteiger partial charge < -0.3 is 20.1 Å². The number of esters is 1. The Morgan fingerprint density at radius 3 is 2.29 bits per heavy atom. The molecule has 4 rings (SSSR count). The lowest BCUT2D eigenvalue weighted by molar-refractivity contribution is -0.162. The van der Waals surface area contributed by atoms with Gasteiger partial charge in [0.2, 0.25) is 0 Å². The number of aliphatic hydroxyl groups excluding tert-OH is 3. The molecule has 0 aromatic rings. The first-order chi connectivity index (χ1) is 15.8. The monoisotopic (exact) mass is 478 g/mol. The molecule has 1 aliphatic heterocycles. The van der Waals surface area contributed by atoms with Crippen LogP contribution in [0.25, 0.3) is 0 Å². The molecule has 4 fully saturated rings. The number of hydrogen-bond acceptors (Lipinski definition) is 6. The first kappa shape index (κ1) is 26.1. The third-order valence-corrected chi connectivity index (χ3v) is 11.3. The average molecular weight is 479 g/mol. The maximum atomic E-state index is 13.0. The summed E-state index contributed by atoms with van der Waals surface area (Å²) in [7, 11) is 0. The van der Waals surface area contributed by atoms with Gasteiger partial charge in [0.1, 0.15) is 6.10 Å². The van der Waals surface area contributed by atoms with Crippen molar-refractivity contribution in [2.45, 2.75) is 98.4 Å². The van der Waals surface area contributed by atoms with E-state index in [9.17, 15) is 24.9 Å². The topological polar surface area (TPSA) is 104 Å². The minimum atomic E-state index is -0.945. The van der Waals surface area contributed by atoms with Crippen molar-refractivity contribution in [2.24, 2.45) is 58.2 Å². The molecule has 6 nitrogen and oxygen atoms in total. The van der Waals surface area contributed by atoms with Crippen LogP contribution in [0.4, 0.5) is 0 Å². The Hall–Kier alpha value is -0.980. The van der Waals surface area contributed by atoms with E-state index in [4.69, 9.17) is 4.74 Å². The largest absolute Gasteiger partial charge is 0.465 e. The quantitative estimate of drug-likeness (QED) is 0.522. The van der Waals surface area contributed by atoms with Gasteiger partial charge in [-0.15, -0.1) is 0 Å². The first-order valence-corrected chi connectivity index (χ1v) is 13.6. The van der Waals surface area contributed by atoms with Crippen LogP contribution in [0.15, 0.2) is 0 Å². The number of ketones is 1. The zero-order valence-electron chi connectivity index (χ0n) is 21.9. The number of hydrogen-bond donors (Lipinski definition) is 3. The predicted octanol–water partition coefficient (Wildman–Crippen LogP) is 3.60. The van der Waals surface area contributed by atoms with E-state index in [0.717, 1.165) is 25.7 Å². The number of Topliss-reactive ketones (excluding diaryl/α,β-unsaturated/α-hetero) is 1. The molecule has 6 heteroatoms. The maximum absolute atomic E-state index is 13.0. The van der Waals surface area contributed by atoms with Gasteiger partial charge in [0.25, 0.3) is 0 Å². The van der Waals surface area contributed by atoms with Crippen LogP contribution < -0.4 is 0 Å². The van der Waals surface area contributed by atoms with Crippen LogP contribution in [0.3, 0.4) is 0 Å². The summed E-state index contributed by atoms with van der Waals surface area (Å²) in [5, 5.41) is 31.9. The molecule has 3 aliphatic carbocycles. The van der Waals surface area contributed by atoms with E-state index >= 15 is 0 Å². The molecule has 3 N–H and O–H groups in total. The van der Waals surface area contributed by atoms with Gasteiger partial charge in [-0.3, -0.25) is 9.59 Å². The molecule has 12 atom stereocenters. The van der Waals surface area contributed by atoms with Gasteiger partial charge in [0, 0.05) is 5.92 Å². The highest BCUT2D eigenvalue weighted by Crippen LogP contribution is 2.66. The molecule has 0 amide bonds. The Morgan fingerprint density at radius 1 is 1.00 bits per heavy atom. The van der Waals surface area contributed by atoms with Crippen LogP contribution in [-0.4, -0.2) is 52.0 Å². The molecular formula is C28H46O6. The van der Waals surface area contributed by atoms with Crippen molar-refractivity contribution in [3.8, 4) is 0 Å². The van der Waals surface area contributed by atoms with E-state index in [-0.39, 0.29) is 70.4 Å². The lowest BCUT2D eigenvalue weighted by atomic mass is 9.48. The summed E-state index contributed by atoms with van der Waals surface area (Å²) < 4.78 is 5.85. The number of carbonyl (C=O) groups excluding carboxylic acids is 2. The highest BCUT2D eigenvalue weighted by atomic mass is 16.5. The summed E-state index contributed by atoms with van der Waals surface area (Å²) in [4.78, 5) is 26.0. The molecule has 3 saturated carbocycles. The van der Waals surface area contributed by atoms with E-state index < -0.39 is 18.3 Å². The number of aliphatic hydroxyl groups is 3. The molecular weight excluding hydrogens is 432 g/mol. The number of ether oxygens (including phenoxy) is 1. The van der Waals surface area contributed by atoms with Crippen LogP contribution in [0.5, 0.6) is 0 Å². The van der Waals surface area contributed by atoms with E-state index in [0.29, 0.717) is 18.9 Å². The second-order valence-corrected chi connectivity index (χ2v) is 13.1. The predicted molar refractivity (Wildman–Crippen MR) is 129 cm³/mol. The molecule has 1 heterocycles. The van der Waals surface area contributed by atoms with Crippen molar-refractivity contribution in [1.82, 2.24) is 0 Å². The van der Waals surface area contributed by atoms with Crippen LogP contribution in [-0.2, 0) is 14.3 Å². The highest BCUT2D eigenvalue weighted by molar-refractivity contribution is 5.85. The molecule has 0 aromatic heterocycles. The van der Waals surface area contributed by atoms with Gasteiger partial charge >= 0.3 is 5.97 Å². The normalized spacial score (nSPS) is 47.0. The lowest BCUT2D eigenvalue weighted by Crippen LogP contribution is -2.54. The second kappa shape index (κ2) is 9.15. The van der Waals surface area contributed by atoms with E-state index in [1.807, 2.05) is 27.7 Å². The summed E-state index contributed by atoms with van der Waals surface area (Å²) in [5.74, 6) is 0.356. The Morgan fingerprint density at radius 2 is 1.65 bits per heavy atom. The number of rotatable bonds is 5. The van der Waals surface area contributed by atoms with Crippen molar-refractivity contribution >= 4 is 11.8 Å². The fraction of sp³-hybridized carbons (Fsp3) is 0.929. The third kappa shape index (κ3) is 3.96. The van der Waals surface area contributed by atoms with Crippen molar-refractivity contribution in [1.29, 1.82) is 0 Å². The van der Waals surface area contributed by atoms with E-state index in [1.54, 1.807) is 0 Å². The summed E-state index contributed by atoms with van der Waals surface area (Å²) in [6.07, 6.45) is 1.99. The summed E-state index contributed by atoms with van der Waals surface area (Å²) in [6, 6.07) is 0. The Bertz CT molecular complexity index is 796. The lowest BCUT2D eigenvalue weighted by Gasteiger charge is -2.56. The second-order valence-electron chi connectivity index (χ2n) is 13.1. The Labute approximate surface area is 204 Å². The molecule has 0 bridgehead atoms. The third-order valence-electron chi connectivity index (χ3n) is 11.3. The van der Waals surface area contributed by atoms with E-state index in [1.165, 1.54) is 0 Å². The average Bonchev–Trinajstić information content (AvgIpc) is 3.09. The first-order valence-electron chi connectivity index (χ1n) is 13.6. The smallest absolute Gasteiger partial charge is 0.309 e. The number of carbonyl (C=O) groups is 2. The zero-order chi connectivity index (χ0) is 25.2. The fourth-order valence-electron chi connectivity index (χ4n) is 8.77. The summed E-state index contributed by atoms with van der Waals surface area (Å²) in [6.45, 7) is 12.9. The number of cyclic esters (lactones) is 1. The van der Waals surface area contributed by atoms with Crippen LogP contribution in [0.1, 0.15) is 80.1 Å². The molecule has 1 saturated heterocycles. The number of fused-ring (bicyclic) bond motifs is 5. The Kier molecular flexibility index (Phi) is 7.02. The highest BCUT2D eigenvalue weighted by Gasteiger charge is 2.63. The van der Waals surface area contributed by atoms with Crippen LogP contribution in [0, 0.1) is 58.2 Å². The van der Waals surface area contributed by atoms with Crippen LogP contribution in [0.2, 0.25) is 0 Å².